The summed E-state index contributed by atoms with van der Waals surface area (Å²) in [6, 6.07) is 8.23. The number of carbonyl (C=O) groups excluding carboxylic acids is 1. The molecule has 1 aromatic carbocycles. The van der Waals surface area contributed by atoms with Crippen LogP contribution in [0.3, 0.4) is 0 Å². The van der Waals surface area contributed by atoms with Gasteiger partial charge in [-0.1, -0.05) is 32.9 Å². The van der Waals surface area contributed by atoms with Crippen LogP contribution in [0.5, 0.6) is 0 Å². The number of amides is 1. The van der Waals surface area contributed by atoms with Crippen molar-refractivity contribution in [3.63, 3.8) is 0 Å². The van der Waals surface area contributed by atoms with Crippen LogP contribution in [-0.2, 0) is 16.6 Å². The number of nitrogens with zero attached hydrogens (tertiary/aromatic N) is 2. The first-order chi connectivity index (χ1) is 11.8. The Labute approximate surface area is 146 Å². The molecule has 0 spiro atoms. The second kappa shape index (κ2) is 7.78. The van der Waals surface area contributed by atoms with E-state index >= 15 is 0 Å². The van der Waals surface area contributed by atoms with Crippen LogP contribution in [-0.4, -0.2) is 21.0 Å². The lowest BCUT2D eigenvalue weighted by atomic mass is 9.92. The number of aryl methyl sites for hydroxylation is 1. The number of hydrazine groups is 1. The van der Waals surface area contributed by atoms with Gasteiger partial charge in [0.25, 0.3) is 5.69 Å². The van der Waals surface area contributed by atoms with Crippen LogP contribution in [0.1, 0.15) is 44.9 Å². The molecule has 8 nitrogen and oxygen atoms in total. The van der Waals surface area contributed by atoms with Gasteiger partial charge in [-0.2, -0.15) is 5.10 Å². The van der Waals surface area contributed by atoms with E-state index in [0.717, 1.165) is 11.3 Å². The van der Waals surface area contributed by atoms with Gasteiger partial charge in [0, 0.05) is 35.7 Å². The van der Waals surface area contributed by atoms with Gasteiger partial charge in [-0.25, -0.2) is 0 Å². The van der Waals surface area contributed by atoms with Gasteiger partial charge in [-0.3, -0.25) is 30.9 Å². The molecule has 0 aliphatic carbocycles. The van der Waals surface area contributed by atoms with Crippen LogP contribution >= 0.6 is 0 Å². The highest BCUT2D eigenvalue weighted by Crippen LogP contribution is 2.21. The molecule has 0 fully saturated rings. The fraction of sp³-hybridized carbons (Fsp3) is 0.412. The minimum atomic E-state index is -0.428. The van der Waals surface area contributed by atoms with Crippen molar-refractivity contribution in [2.45, 2.75) is 45.4 Å². The molecule has 0 saturated carbocycles. The number of hydrogen-bond acceptors (Lipinski definition) is 5. The zero-order valence-corrected chi connectivity index (χ0v) is 14.6. The van der Waals surface area contributed by atoms with E-state index in [4.69, 9.17) is 0 Å². The topological polar surface area (TPSA) is 113 Å². The van der Waals surface area contributed by atoms with Crippen LogP contribution in [0.4, 0.5) is 11.5 Å². The Hall–Kier alpha value is -2.90. The Kier molecular flexibility index (Phi) is 5.74. The van der Waals surface area contributed by atoms with Gasteiger partial charge in [0.05, 0.1) is 4.92 Å². The van der Waals surface area contributed by atoms with E-state index in [-0.39, 0.29) is 17.0 Å². The normalized spacial score (nSPS) is 11.2. The fourth-order valence-corrected chi connectivity index (χ4v) is 2.20. The molecule has 0 bridgehead atoms. The molecule has 0 radical (unpaired) electrons. The average Bonchev–Trinajstić information content (AvgIpc) is 3.03. The highest BCUT2D eigenvalue weighted by Gasteiger charge is 2.16. The Balaban J connectivity index is 1.72. The van der Waals surface area contributed by atoms with E-state index in [0.29, 0.717) is 25.1 Å². The Morgan fingerprint density at radius 1 is 1.28 bits per heavy atom. The number of nitrogens with one attached hydrogen (secondary N) is 3. The Morgan fingerprint density at radius 3 is 2.52 bits per heavy atom. The van der Waals surface area contributed by atoms with E-state index in [1.165, 1.54) is 12.1 Å². The van der Waals surface area contributed by atoms with E-state index in [1.807, 2.05) is 6.07 Å². The van der Waals surface area contributed by atoms with Gasteiger partial charge in [0.1, 0.15) is 0 Å². The summed E-state index contributed by atoms with van der Waals surface area (Å²) in [4.78, 5) is 22.0. The number of aromatic nitrogens is 2. The van der Waals surface area contributed by atoms with Gasteiger partial charge in [-0.05, 0) is 18.4 Å². The first kappa shape index (κ1) is 18.4. The minimum absolute atomic E-state index is 0.0400. The fourth-order valence-electron chi connectivity index (χ4n) is 2.20. The summed E-state index contributed by atoms with van der Waals surface area (Å²) in [6.07, 6.45) is 1.68. The molecule has 0 aliphatic rings. The second-order valence-corrected chi connectivity index (χ2v) is 6.87. The van der Waals surface area contributed by atoms with Crippen LogP contribution in [0.25, 0.3) is 0 Å². The lowest BCUT2D eigenvalue weighted by Gasteiger charge is -2.14. The van der Waals surface area contributed by atoms with Crippen molar-refractivity contribution < 1.29 is 9.72 Å². The number of hydrogen-bond donors (Lipinski definition) is 3. The molecular formula is C17H23N5O3. The van der Waals surface area contributed by atoms with Crippen LogP contribution in [0, 0.1) is 10.1 Å². The molecule has 8 heteroatoms. The third-order valence-corrected chi connectivity index (χ3v) is 3.73. The molecule has 1 amide bonds. The quantitative estimate of drug-likeness (QED) is 0.527. The number of benzene rings is 1. The molecule has 134 valence electrons. The first-order valence-electron chi connectivity index (χ1n) is 8.10. The van der Waals surface area contributed by atoms with Gasteiger partial charge < -0.3 is 0 Å². The van der Waals surface area contributed by atoms with E-state index in [9.17, 15) is 14.9 Å². The van der Waals surface area contributed by atoms with Gasteiger partial charge >= 0.3 is 0 Å². The summed E-state index contributed by atoms with van der Waals surface area (Å²) in [5.41, 5.74) is 7.37. The van der Waals surface area contributed by atoms with Gasteiger partial charge in [0.15, 0.2) is 5.82 Å². The largest absolute Gasteiger partial charge is 0.280 e. The molecule has 2 rings (SSSR count). The monoisotopic (exact) mass is 345 g/mol. The number of rotatable bonds is 7. The number of nitro groups is 1. The minimum Gasteiger partial charge on any atom is -0.280 e. The lowest BCUT2D eigenvalue weighted by Crippen LogP contribution is -2.29. The SMILES string of the molecule is CC(C)(C)c1cc(NNC(=O)CCCc2ccc([N+](=O)[O-])cc2)n[nH]1. The number of anilines is 1. The van der Waals surface area contributed by atoms with Crippen molar-refractivity contribution in [1.82, 2.24) is 15.6 Å². The standard InChI is InChI=1S/C17H23N5O3/c1-17(2,3)14-11-15(19-18-14)20-21-16(23)6-4-5-12-7-9-13(10-8-12)22(24)25/h7-11H,4-6H2,1-3H3,(H,21,23)(H2,18,19,20). The molecule has 1 aromatic heterocycles. The maximum atomic E-state index is 11.9. The summed E-state index contributed by atoms with van der Waals surface area (Å²) in [7, 11) is 0. The summed E-state index contributed by atoms with van der Waals surface area (Å²) < 4.78 is 0. The number of nitro benzene ring substituents is 1. The predicted octanol–water partition coefficient (Wildman–Crippen LogP) is 3.08. The maximum absolute atomic E-state index is 11.9. The molecule has 0 aliphatic heterocycles. The highest BCUT2D eigenvalue weighted by atomic mass is 16.6. The number of non-ortho nitro benzene ring substituents is 1. The van der Waals surface area contributed by atoms with Crippen molar-refractivity contribution >= 4 is 17.4 Å². The molecule has 1 heterocycles. The van der Waals surface area contributed by atoms with E-state index in [2.05, 4.69) is 41.8 Å². The molecule has 2 aromatic rings. The first-order valence-corrected chi connectivity index (χ1v) is 8.10. The molecule has 0 unspecified atom stereocenters. The smallest absolute Gasteiger partial charge is 0.269 e. The summed E-state index contributed by atoms with van der Waals surface area (Å²) in [6.45, 7) is 6.21. The van der Waals surface area contributed by atoms with Crippen molar-refractivity contribution in [1.29, 1.82) is 0 Å². The molecule has 25 heavy (non-hydrogen) atoms. The summed E-state index contributed by atoms with van der Waals surface area (Å²) in [5, 5.41) is 17.6. The van der Waals surface area contributed by atoms with Crippen LogP contribution < -0.4 is 10.9 Å². The van der Waals surface area contributed by atoms with Crippen molar-refractivity contribution in [2.75, 3.05) is 5.43 Å². The van der Waals surface area contributed by atoms with Crippen molar-refractivity contribution in [3.05, 3.63) is 51.7 Å². The third kappa shape index (κ3) is 5.59. The zero-order chi connectivity index (χ0) is 18.4. The highest BCUT2D eigenvalue weighted by molar-refractivity contribution is 5.77. The van der Waals surface area contributed by atoms with E-state index < -0.39 is 4.92 Å². The van der Waals surface area contributed by atoms with Crippen molar-refractivity contribution in [3.8, 4) is 0 Å². The predicted molar refractivity (Wildman–Crippen MR) is 95.1 cm³/mol. The number of aromatic amines is 1. The summed E-state index contributed by atoms with van der Waals surface area (Å²) in [5.74, 6) is 0.427. The zero-order valence-electron chi connectivity index (χ0n) is 14.6. The average molecular weight is 345 g/mol. The van der Waals surface area contributed by atoms with Crippen molar-refractivity contribution in [2.24, 2.45) is 0 Å². The van der Waals surface area contributed by atoms with Crippen LogP contribution in [0.15, 0.2) is 30.3 Å². The summed E-state index contributed by atoms with van der Waals surface area (Å²) >= 11 is 0. The van der Waals surface area contributed by atoms with Crippen LogP contribution in [0.2, 0.25) is 0 Å². The molecule has 0 saturated heterocycles. The third-order valence-electron chi connectivity index (χ3n) is 3.73. The number of H-pyrrole nitrogens is 1. The maximum Gasteiger partial charge on any atom is 0.269 e. The van der Waals surface area contributed by atoms with Gasteiger partial charge in [-0.15, -0.1) is 0 Å². The molecule has 3 N–H and O–H groups in total. The van der Waals surface area contributed by atoms with Gasteiger partial charge in [0.2, 0.25) is 5.91 Å². The molecule has 0 atom stereocenters. The lowest BCUT2D eigenvalue weighted by molar-refractivity contribution is -0.384. The number of carbonyl (C=O) groups is 1. The Morgan fingerprint density at radius 2 is 1.96 bits per heavy atom. The van der Waals surface area contributed by atoms with E-state index in [1.54, 1.807) is 12.1 Å². The molecular weight excluding hydrogens is 322 g/mol. The Bertz CT molecular complexity index is 731. The second-order valence-electron chi connectivity index (χ2n) is 6.87.